The van der Waals surface area contributed by atoms with Crippen LogP contribution in [0.25, 0.3) is 10.2 Å². The summed E-state index contributed by atoms with van der Waals surface area (Å²) in [6.45, 7) is 2.31. The van der Waals surface area contributed by atoms with Gasteiger partial charge in [-0.05, 0) is 37.1 Å². The molecule has 0 bridgehead atoms. The second kappa shape index (κ2) is 9.14. The van der Waals surface area contributed by atoms with Crippen molar-refractivity contribution in [3.05, 3.63) is 41.0 Å². The Balaban J connectivity index is 1.37. The molecular weight excluding hydrogens is 479 g/mol. The third-order valence-electron chi connectivity index (χ3n) is 5.25. The van der Waals surface area contributed by atoms with Crippen molar-refractivity contribution in [1.29, 1.82) is 0 Å². The van der Waals surface area contributed by atoms with Crippen LogP contribution in [0.5, 0.6) is 0 Å². The highest BCUT2D eigenvalue weighted by atomic mass is 35.5. The Bertz CT molecular complexity index is 1210. The lowest BCUT2D eigenvalue weighted by Gasteiger charge is -2.32. The van der Waals surface area contributed by atoms with Crippen LogP contribution in [-0.2, 0) is 15.8 Å². The number of anilines is 3. The molecule has 0 radical (unpaired) electrons. The third kappa shape index (κ3) is 5.36. The molecule has 12 heteroatoms. The summed E-state index contributed by atoms with van der Waals surface area (Å²) in [5, 5.41) is 5.95. The molecule has 2 N–H and O–H groups in total. The number of hydrogen-bond acceptors (Lipinski definition) is 6. The number of rotatable bonds is 4. The van der Waals surface area contributed by atoms with Crippen molar-refractivity contribution in [1.82, 2.24) is 9.97 Å². The zero-order chi connectivity index (χ0) is 23.8. The summed E-state index contributed by atoms with van der Waals surface area (Å²) in [5.74, 6) is -0.324. The van der Waals surface area contributed by atoms with Crippen molar-refractivity contribution < 1.29 is 22.8 Å². The summed E-state index contributed by atoms with van der Waals surface area (Å²) in [5.41, 5.74) is 0.465. The highest BCUT2D eigenvalue weighted by molar-refractivity contribution is 7.22. The number of thiazole rings is 1. The highest BCUT2D eigenvalue weighted by Gasteiger charge is 2.33. The summed E-state index contributed by atoms with van der Waals surface area (Å²) in [4.78, 5) is 34.1. The molecule has 4 rings (SSSR count). The number of alkyl halides is 3. The van der Waals surface area contributed by atoms with Gasteiger partial charge in [0.05, 0.1) is 20.8 Å². The lowest BCUT2D eigenvalue weighted by Crippen LogP contribution is -2.38. The first-order chi connectivity index (χ1) is 15.6. The number of hydrogen-bond donors (Lipinski definition) is 2. The molecule has 174 valence electrons. The van der Waals surface area contributed by atoms with Crippen LogP contribution in [0.4, 0.5) is 29.8 Å². The first-order valence-corrected chi connectivity index (χ1v) is 11.3. The van der Waals surface area contributed by atoms with Gasteiger partial charge in [0, 0.05) is 37.8 Å². The Morgan fingerprint density at radius 3 is 2.55 bits per heavy atom. The number of pyridine rings is 1. The van der Waals surface area contributed by atoms with Gasteiger partial charge in [-0.2, -0.15) is 13.2 Å². The third-order valence-corrected chi connectivity index (χ3v) is 6.47. The number of carbonyl (C=O) groups is 2. The van der Waals surface area contributed by atoms with Crippen LogP contribution < -0.4 is 15.5 Å². The zero-order valence-corrected chi connectivity index (χ0v) is 18.9. The maximum atomic E-state index is 12.8. The van der Waals surface area contributed by atoms with Gasteiger partial charge in [-0.3, -0.25) is 9.59 Å². The number of fused-ring (bicyclic) bond motifs is 1. The largest absolute Gasteiger partial charge is 0.417 e. The van der Waals surface area contributed by atoms with Crippen molar-refractivity contribution >= 4 is 61.6 Å². The van der Waals surface area contributed by atoms with E-state index in [1.165, 1.54) is 18.3 Å². The molecule has 3 heterocycles. The standard InChI is InChI=1S/C21H19ClF3N5O2S/c1-11(31)27-14-2-3-16-17(9-14)33-20(28-16)29-19(32)12-4-6-30(7-5-12)18-15(22)8-13(10-26-18)21(23,24)25/h2-3,8-10,12H,4-7H2,1H3,(H,27,31)(H,28,29,32). The zero-order valence-electron chi connectivity index (χ0n) is 17.4. The van der Waals surface area contributed by atoms with E-state index in [4.69, 9.17) is 11.6 Å². The molecule has 33 heavy (non-hydrogen) atoms. The summed E-state index contributed by atoms with van der Waals surface area (Å²) in [7, 11) is 0. The Morgan fingerprint density at radius 1 is 1.18 bits per heavy atom. The molecule has 0 unspecified atom stereocenters. The van der Waals surface area contributed by atoms with E-state index in [1.54, 1.807) is 23.1 Å². The van der Waals surface area contributed by atoms with Crippen molar-refractivity contribution in [3.8, 4) is 0 Å². The predicted octanol–water partition coefficient (Wildman–Crippen LogP) is 5.18. The van der Waals surface area contributed by atoms with E-state index in [-0.39, 0.29) is 28.6 Å². The molecule has 2 aromatic heterocycles. The van der Waals surface area contributed by atoms with Crippen LogP contribution in [-0.4, -0.2) is 34.9 Å². The monoisotopic (exact) mass is 497 g/mol. The Kier molecular flexibility index (Phi) is 6.44. The van der Waals surface area contributed by atoms with Gasteiger partial charge >= 0.3 is 6.18 Å². The lowest BCUT2D eigenvalue weighted by atomic mass is 9.96. The molecule has 1 aliphatic heterocycles. The molecule has 2 amide bonds. The van der Waals surface area contributed by atoms with E-state index in [1.807, 2.05) is 0 Å². The minimum absolute atomic E-state index is 0.0687. The molecule has 3 aromatic rings. The van der Waals surface area contributed by atoms with Crippen molar-refractivity contribution in [2.45, 2.75) is 25.9 Å². The van der Waals surface area contributed by atoms with E-state index in [9.17, 15) is 22.8 Å². The van der Waals surface area contributed by atoms with Crippen LogP contribution in [0, 0.1) is 5.92 Å². The van der Waals surface area contributed by atoms with Gasteiger partial charge in [-0.1, -0.05) is 22.9 Å². The van der Waals surface area contributed by atoms with Crippen LogP contribution in [0.1, 0.15) is 25.3 Å². The molecule has 0 saturated carbocycles. The average molecular weight is 498 g/mol. The smallest absolute Gasteiger partial charge is 0.355 e. The predicted molar refractivity (Wildman–Crippen MR) is 122 cm³/mol. The normalized spacial score (nSPS) is 15.0. The fourth-order valence-electron chi connectivity index (χ4n) is 3.64. The second-order valence-corrected chi connectivity index (χ2v) is 9.10. The van der Waals surface area contributed by atoms with Gasteiger partial charge in [-0.15, -0.1) is 0 Å². The maximum Gasteiger partial charge on any atom is 0.417 e. The lowest BCUT2D eigenvalue weighted by molar-refractivity contribution is -0.137. The maximum absolute atomic E-state index is 12.8. The molecule has 0 spiro atoms. The van der Waals surface area contributed by atoms with E-state index in [0.717, 1.165) is 17.0 Å². The van der Waals surface area contributed by atoms with E-state index >= 15 is 0 Å². The van der Waals surface area contributed by atoms with Crippen molar-refractivity contribution in [2.24, 2.45) is 5.92 Å². The van der Waals surface area contributed by atoms with Gasteiger partial charge in [0.25, 0.3) is 0 Å². The molecule has 0 atom stereocenters. The molecular formula is C21H19ClF3N5O2S. The quantitative estimate of drug-likeness (QED) is 0.519. The second-order valence-electron chi connectivity index (χ2n) is 7.66. The number of piperidine rings is 1. The van der Waals surface area contributed by atoms with Gasteiger partial charge < -0.3 is 15.5 Å². The van der Waals surface area contributed by atoms with E-state index in [0.29, 0.717) is 42.3 Å². The van der Waals surface area contributed by atoms with Crippen LogP contribution in [0.15, 0.2) is 30.5 Å². The molecule has 1 fully saturated rings. The summed E-state index contributed by atoms with van der Waals surface area (Å²) in [6, 6.07) is 6.17. The molecule has 7 nitrogen and oxygen atoms in total. The van der Waals surface area contributed by atoms with Gasteiger partial charge in [0.1, 0.15) is 5.82 Å². The number of nitrogens with one attached hydrogen (secondary N) is 2. The first-order valence-electron chi connectivity index (χ1n) is 10.1. The Morgan fingerprint density at radius 2 is 1.91 bits per heavy atom. The number of benzene rings is 1. The van der Waals surface area contributed by atoms with Crippen LogP contribution >= 0.6 is 22.9 Å². The number of carbonyl (C=O) groups excluding carboxylic acids is 2. The molecule has 0 aliphatic carbocycles. The van der Waals surface area contributed by atoms with Crippen LogP contribution in [0.2, 0.25) is 5.02 Å². The van der Waals surface area contributed by atoms with Crippen LogP contribution in [0.3, 0.4) is 0 Å². The Hall–Kier alpha value is -2.92. The fraction of sp³-hybridized carbons (Fsp3) is 0.333. The summed E-state index contributed by atoms with van der Waals surface area (Å²) < 4.78 is 39.3. The highest BCUT2D eigenvalue weighted by Crippen LogP contribution is 2.35. The van der Waals surface area contributed by atoms with E-state index in [2.05, 4.69) is 20.6 Å². The van der Waals surface area contributed by atoms with Crippen molar-refractivity contribution in [3.63, 3.8) is 0 Å². The number of halogens is 4. The summed E-state index contributed by atoms with van der Waals surface area (Å²) in [6.07, 6.45) is -2.73. The Labute approximate surface area is 196 Å². The SMILES string of the molecule is CC(=O)Nc1ccc2nc(NC(=O)C3CCN(c4ncc(C(F)(F)F)cc4Cl)CC3)sc2c1. The molecule has 1 aromatic carbocycles. The topological polar surface area (TPSA) is 87.2 Å². The fourth-order valence-corrected chi connectivity index (χ4v) is 4.83. The van der Waals surface area contributed by atoms with Gasteiger partial charge in [0.2, 0.25) is 11.8 Å². The first kappa shape index (κ1) is 23.2. The average Bonchev–Trinajstić information content (AvgIpc) is 3.14. The number of amides is 2. The minimum Gasteiger partial charge on any atom is -0.355 e. The van der Waals surface area contributed by atoms with Gasteiger partial charge in [0.15, 0.2) is 5.13 Å². The van der Waals surface area contributed by atoms with E-state index < -0.39 is 11.7 Å². The minimum atomic E-state index is -4.51. The van der Waals surface area contributed by atoms with Gasteiger partial charge in [-0.25, -0.2) is 9.97 Å². The number of aromatic nitrogens is 2. The molecule has 1 saturated heterocycles. The summed E-state index contributed by atoms with van der Waals surface area (Å²) >= 11 is 7.35. The van der Waals surface area contributed by atoms with Crippen molar-refractivity contribution in [2.75, 3.05) is 28.6 Å². The molecule has 1 aliphatic rings. The number of nitrogens with zero attached hydrogens (tertiary/aromatic N) is 3.